The normalized spacial score (nSPS) is 13.5. The minimum atomic E-state index is -4.92. The number of carbonyl (C=O) groups excluding carboxylic acids is 1. The van der Waals surface area contributed by atoms with Crippen LogP contribution in [0.4, 0.5) is 26.3 Å². The Balaban J connectivity index is 2.92. The van der Waals surface area contributed by atoms with Crippen LogP contribution in [0.25, 0.3) is 0 Å². The predicted octanol–water partition coefficient (Wildman–Crippen LogP) is 3.04. The first-order chi connectivity index (χ1) is 8.67. The van der Waals surface area contributed by atoms with Gasteiger partial charge in [-0.05, 0) is 19.1 Å². The number of hydrogen-bond donors (Lipinski definition) is 1. The van der Waals surface area contributed by atoms with E-state index in [0.29, 0.717) is 0 Å². The van der Waals surface area contributed by atoms with Crippen molar-refractivity contribution in [1.82, 2.24) is 5.32 Å². The Labute approximate surface area is 104 Å². The molecule has 0 fully saturated rings. The van der Waals surface area contributed by atoms with Gasteiger partial charge >= 0.3 is 12.3 Å². The molecule has 0 heterocycles. The fraction of sp³-hybridized carbons (Fsp3) is 0.364. The summed E-state index contributed by atoms with van der Waals surface area (Å²) in [5, 5.41) is 1.45. The highest BCUT2D eigenvalue weighted by atomic mass is 19.3. The van der Waals surface area contributed by atoms with E-state index in [2.05, 4.69) is 0 Å². The van der Waals surface area contributed by atoms with Crippen LogP contribution in [0.1, 0.15) is 18.5 Å². The van der Waals surface area contributed by atoms with Crippen LogP contribution in [-0.4, -0.2) is 18.3 Å². The van der Waals surface area contributed by atoms with E-state index in [4.69, 9.17) is 0 Å². The maximum Gasteiger partial charge on any atom is 0.383 e. The molecule has 1 aromatic carbocycles. The monoisotopic (exact) mass is 285 g/mol. The average Bonchev–Trinajstić information content (AvgIpc) is 2.28. The van der Waals surface area contributed by atoms with Crippen molar-refractivity contribution in [3.8, 4) is 0 Å². The molecule has 1 N–H and O–H groups in total. The molecule has 0 aliphatic carbocycles. The van der Waals surface area contributed by atoms with Crippen LogP contribution in [-0.2, 0) is 4.79 Å². The SMILES string of the molecule is CC(NC(=O)C(F)(F)C(F)F)c1c(F)cccc1F. The molecule has 0 spiro atoms. The maximum atomic E-state index is 13.3. The van der Waals surface area contributed by atoms with Gasteiger partial charge in [0.15, 0.2) is 0 Å². The summed E-state index contributed by atoms with van der Waals surface area (Å²) in [7, 11) is 0. The molecule has 2 nitrogen and oxygen atoms in total. The Kier molecular flexibility index (Phi) is 4.43. The number of nitrogens with one attached hydrogen (secondary N) is 1. The molecule has 8 heteroatoms. The second-order valence-electron chi connectivity index (χ2n) is 3.75. The summed E-state index contributed by atoms with van der Waals surface area (Å²) < 4.78 is 75.7. The first kappa shape index (κ1) is 15.3. The van der Waals surface area contributed by atoms with Gasteiger partial charge in [-0.2, -0.15) is 8.78 Å². The third-order valence-corrected chi connectivity index (χ3v) is 2.36. The molecule has 1 amide bonds. The fourth-order valence-electron chi connectivity index (χ4n) is 1.39. The first-order valence-electron chi connectivity index (χ1n) is 5.08. The van der Waals surface area contributed by atoms with Crippen LogP contribution in [0.2, 0.25) is 0 Å². The second-order valence-corrected chi connectivity index (χ2v) is 3.75. The lowest BCUT2D eigenvalue weighted by atomic mass is 10.1. The Bertz CT molecular complexity index is 456. The van der Waals surface area contributed by atoms with Crippen molar-refractivity contribution in [1.29, 1.82) is 0 Å². The molecular formula is C11H9F6NO. The number of halogens is 6. The largest absolute Gasteiger partial charge is 0.383 e. The topological polar surface area (TPSA) is 29.1 Å². The highest BCUT2D eigenvalue weighted by Crippen LogP contribution is 2.26. The van der Waals surface area contributed by atoms with Gasteiger partial charge in [-0.15, -0.1) is 0 Å². The van der Waals surface area contributed by atoms with Crippen LogP contribution in [0, 0.1) is 11.6 Å². The molecule has 19 heavy (non-hydrogen) atoms. The first-order valence-corrected chi connectivity index (χ1v) is 5.08. The highest BCUT2D eigenvalue weighted by molar-refractivity contribution is 5.84. The molecule has 1 unspecified atom stereocenters. The quantitative estimate of drug-likeness (QED) is 0.846. The smallest absolute Gasteiger partial charge is 0.344 e. The van der Waals surface area contributed by atoms with E-state index in [-0.39, 0.29) is 0 Å². The zero-order valence-electron chi connectivity index (χ0n) is 9.56. The summed E-state index contributed by atoms with van der Waals surface area (Å²) in [6.45, 7) is 1.00. The van der Waals surface area contributed by atoms with Gasteiger partial charge < -0.3 is 5.32 Å². The van der Waals surface area contributed by atoms with E-state index >= 15 is 0 Å². The van der Waals surface area contributed by atoms with Gasteiger partial charge in [0.25, 0.3) is 5.91 Å². The Morgan fingerprint density at radius 3 is 2.11 bits per heavy atom. The molecule has 0 aromatic heterocycles. The molecule has 1 rings (SSSR count). The van der Waals surface area contributed by atoms with E-state index in [0.717, 1.165) is 25.1 Å². The van der Waals surface area contributed by atoms with E-state index in [9.17, 15) is 31.1 Å². The van der Waals surface area contributed by atoms with Gasteiger partial charge in [0.1, 0.15) is 11.6 Å². The minimum Gasteiger partial charge on any atom is -0.344 e. The molecular weight excluding hydrogens is 276 g/mol. The van der Waals surface area contributed by atoms with Crippen LogP contribution >= 0.6 is 0 Å². The summed E-state index contributed by atoms with van der Waals surface area (Å²) in [6.07, 6.45) is -4.20. The molecule has 0 radical (unpaired) electrons. The lowest BCUT2D eigenvalue weighted by Crippen LogP contribution is -2.46. The van der Waals surface area contributed by atoms with Crippen molar-refractivity contribution in [2.45, 2.75) is 25.3 Å². The molecule has 0 aliphatic rings. The number of benzene rings is 1. The van der Waals surface area contributed by atoms with Gasteiger partial charge in [0, 0.05) is 5.56 Å². The van der Waals surface area contributed by atoms with Crippen molar-refractivity contribution in [2.75, 3.05) is 0 Å². The van der Waals surface area contributed by atoms with Crippen LogP contribution < -0.4 is 5.32 Å². The van der Waals surface area contributed by atoms with Gasteiger partial charge in [0.2, 0.25) is 0 Å². The van der Waals surface area contributed by atoms with E-state index in [1.165, 1.54) is 5.32 Å². The maximum absolute atomic E-state index is 13.3. The lowest BCUT2D eigenvalue weighted by Gasteiger charge is -2.20. The molecule has 1 atom stereocenters. The fourth-order valence-corrected chi connectivity index (χ4v) is 1.39. The van der Waals surface area contributed by atoms with Crippen LogP contribution in [0.5, 0.6) is 0 Å². The zero-order chi connectivity index (χ0) is 14.8. The molecule has 0 saturated heterocycles. The Morgan fingerprint density at radius 1 is 1.21 bits per heavy atom. The van der Waals surface area contributed by atoms with Crippen molar-refractivity contribution in [3.05, 3.63) is 35.4 Å². The summed E-state index contributed by atoms with van der Waals surface area (Å²) in [4.78, 5) is 10.9. The predicted molar refractivity (Wildman–Crippen MR) is 53.9 cm³/mol. The Morgan fingerprint density at radius 2 is 1.68 bits per heavy atom. The van der Waals surface area contributed by atoms with Crippen molar-refractivity contribution in [3.63, 3.8) is 0 Å². The third-order valence-electron chi connectivity index (χ3n) is 2.36. The summed E-state index contributed by atoms with van der Waals surface area (Å²) >= 11 is 0. The Hall–Kier alpha value is -1.73. The van der Waals surface area contributed by atoms with Crippen LogP contribution in [0.3, 0.4) is 0 Å². The summed E-state index contributed by atoms with van der Waals surface area (Å²) in [6, 6.07) is 1.23. The summed E-state index contributed by atoms with van der Waals surface area (Å²) in [5.41, 5.74) is -0.680. The van der Waals surface area contributed by atoms with Crippen molar-refractivity contribution < 1.29 is 31.1 Å². The molecule has 0 aliphatic heterocycles. The van der Waals surface area contributed by atoms with Crippen LogP contribution in [0.15, 0.2) is 18.2 Å². The number of rotatable bonds is 4. The summed E-state index contributed by atoms with van der Waals surface area (Å²) in [5.74, 6) is -9.37. The number of carbonyl (C=O) groups is 1. The van der Waals surface area contributed by atoms with Gasteiger partial charge in [-0.3, -0.25) is 4.79 Å². The standard InChI is InChI=1S/C11H9F6NO/c1-5(8-6(12)3-2-4-7(8)13)18-10(19)11(16,17)9(14)15/h2-5,9H,1H3,(H,18,19). The van der Waals surface area contributed by atoms with E-state index in [1.54, 1.807) is 0 Å². The molecule has 106 valence electrons. The lowest BCUT2D eigenvalue weighted by molar-refractivity contribution is -0.170. The highest BCUT2D eigenvalue weighted by Gasteiger charge is 2.49. The number of alkyl halides is 4. The number of amides is 1. The molecule has 1 aromatic rings. The second kappa shape index (κ2) is 5.50. The third kappa shape index (κ3) is 3.18. The van der Waals surface area contributed by atoms with Gasteiger partial charge in [-0.1, -0.05) is 6.07 Å². The van der Waals surface area contributed by atoms with Crippen molar-refractivity contribution in [2.24, 2.45) is 0 Å². The van der Waals surface area contributed by atoms with Crippen molar-refractivity contribution >= 4 is 5.91 Å². The van der Waals surface area contributed by atoms with Gasteiger partial charge in [-0.25, -0.2) is 17.6 Å². The number of hydrogen-bond acceptors (Lipinski definition) is 1. The average molecular weight is 285 g/mol. The van der Waals surface area contributed by atoms with E-state index in [1.807, 2.05) is 0 Å². The van der Waals surface area contributed by atoms with Gasteiger partial charge in [0.05, 0.1) is 6.04 Å². The molecule has 0 saturated carbocycles. The molecule has 0 bridgehead atoms. The van der Waals surface area contributed by atoms with E-state index < -0.39 is 41.5 Å². The minimum absolute atomic E-state index is 0.680. The zero-order valence-corrected chi connectivity index (χ0v) is 9.56.